The molecular formula is C40H34O9S2. The monoisotopic (exact) mass is 722 g/mol. The molecule has 0 aromatic heterocycles. The highest BCUT2D eigenvalue weighted by molar-refractivity contribution is 8.00. The van der Waals surface area contributed by atoms with Crippen LogP contribution >= 0.6 is 23.5 Å². The lowest BCUT2D eigenvalue weighted by atomic mass is 10.0. The first-order chi connectivity index (χ1) is 24.8. The Morgan fingerprint density at radius 2 is 1.22 bits per heavy atom. The fraction of sp³-hybridized carbons (Fsp3) is 0.150. The van der Waals surface area contributed by atoms with Crippen LogP contribution < -0.4 is 0 Å². The molecule has 0 atom stereocenters. The molecule has 0 saturated heterocycles. The van der Waals surface area contributed by atoms with Crippen molar-refractivity contribution in [3.05, 3.63) is 126 Å². The molecule has 260 valence electrons. The second-order valence-electron chi connectivity index (χ2n) is 10.8. The van der Waals surface area contributed by atoms with Crippen molar-refractivity contribution < 1.29 is 43.2 Å². The van der Waals surface area contributed by atoms with Crippen LogP contribution in [0, 0.1) is 0 Å². The number of benzene rings is 5. The van der Waals surface area contributed by atoms with Crippen molar-refractivity contribution in [3.63, 3.8) is 0 Å². The second kappa shape index (κ2) is 17.9. The highest BCUT2D eigenvalue weighted by atomic mass is 32.2. The van der Waals surface area contributed by atoms with E-state index in [4.69, 9.17) is 18.9 Å². The summed E-state index contributed by atoms with van der Waals surface area (Å²) in [6.07, 6.45) is 5.70. The number of phenolic OH excluding ortho intramolecular Hbond substituents is 1. The topological polar surface area (TPSA) is 125 Å². The standard InChI is InChI=1S/C40H34O9S2/c1-3-10-35(41)46-20-22-48-39(44)27-13-7-14-28(24-27)50-34-19-8-12-26-25-31-29(38(43)37(26)34)16-9-18-33(31)51-32-17-6-5-15-30(32)40(45)49-23-21-47-36(42)11-4-2/h3-19,24-25,43H,20-23H2,1-2H3. The molecule has 0 saturated carbocycles. The molecule has 5 aromatic carbocycles. The van der Waals surface area contributed by atoms with Crippen molar-refractivity contribution in [1.29, 1.82) is 0 Å². The number of rotatable bonds is 14. The molecule has 9 nitrogen and oxygen atoms in total. The molecule has 11 heteroatoms. The minimum atomic E-state index is -0.545. The van der Waals surface area contributed by atoms with Crippen molar-refractivity contribution in [2.24, 2.45) is 0 Å². The Balaban J connectivity index is 1.34. The lowest BCUT2D eigenvalue weighted by Gasteiger charge is -2.14. The Labute approximate surface area is 303 Å². The Morgan fingerprint density at radius 3 is 1.94 bits per heavy atom. The first-order valence-corrected chi connectivity index (χ1v) is 17.6. The number of carbonyl (C=O) groups is 4. The van der Waals surface area contributed by atoms with Gasteiger partial charge in [-0.2, -0.15) is 0 Å². The molecule has 0 spiro atoms. The van der Waals surface area contributed by atoms with E-state index in [0.29, 0.717) is 26.8 Å². The van der Waals surface area contributed by atoms with Crippen LogP contribution in [0.15, 0.2) is 135 Å². The van der Waals surface area contributed by atoms with E-state index < -0.39 is 23.9 Å². The summed E-state index contributed by atoms with van der Waals surface area (Å²) in [5.74, 6) is -1.99. The number of hydrogen-bond donors (Lipinski definition) is 1. The van der Waals surface area contributed by atoms with E-state index in [1.807, 2.05) is 60.7 Å². The molecule has 5 rings (SSSR count). The Morgan fingerprint density at radius 1 is 0.608 bits per heavy atom. The molecule has 0 amide bonds. The van der Waals surface area contributed by atoms with Crippen LogP contribution in [0.2, 0.25) is 0 Å². The first kappa shape index (κ1) is 36.8. The van der Waals surface area contributed by atoms with Crippen LogP contribution in [0.1, 0.15) is 34.6 Å². The average Bonchev–Trinajstić information content (AvgIpc) is 3.13. The van der Waals surface area contributed by atoms with Crippen LogP contribution in [-0.2, 0) is 28.5 Å². The van der Waals surface area contributed by atoms with Crippen LogP contribution in [0.3, 0.4) is 0 Å². The van der Waals surface area contributed by atoms with Crippen molar-refractivity contribution in [2.75, 3.05) is 26.4 Å². The predicted octanol–water partition coefficient (Wildman–Crippen LogP) is 8.55. The van der Waals surface area contributed by atoms with E-state index in [2.05, 4.69) is 0 Å². The predicted molar refractivity (Wildman–Crippen MR) is 196 cm³/mol. The van der Waals surface area contributed by atoms with Gasteiger partial charge in [0.15, 0.2) is 0 Å². The number of esters is 4. The maximum Gasteiger partial charge on any atom is 0.339 e. The molecule has 1 N–H and O–H groups in total. The lowest BCUT2D eigenvalue weighted by Crippen LogP contribution is -2.13. The largest absolute Gasteiger partial charge is 0.507 e. The smallest absolute Gasteiger partial charge is 0.339 e. The number of carbonyl (C=O) groups excluding carboxylic acids is 4. The summed E-state index contributed by atoms with van der Waals surface area (Å²) < 4.78 is 20.6. The average molecular weight is 723 g/mol. The van der Waals surface area contributed by atoms with Gasteiger partial charge in [-0.25, -0.2) is 19.2 Å². The van der Waals surface area contributed by atoms with Gasteiger partial charge in [-0.1, -0.05) is 78.1 Å². The lowest BCUT2D eigenvalue weighted by molar-refractivity contribution is -0.139. The van der Waals surface area contributed by atoms with Crippen molar-refractivity contribution in [2.45, 2.75) is 33.4 Å². The van der Waals surface area contributed by atoms with Gasteiger partial charge in [-0.05, 0) is 73.2 Å². The van der Waals surface area contributed by atoms with Crippen molar-refractivity contribution in [3.8, 4) is 5.75 Å². The minimum absolute atomic E-state index is 0.0523. The van der Waals surface area contributed by atoms with Crippen LogP contribution in [0.5, 0.6) is 5.75 Å². The molecule has 0 heterocycles. The molecule has 0 fully saturated rings. The molecule has 0 unspecified atom stereocenters. The number of fused-ring (bicyclic) bond motifs is 2. The summed E-state index contributed by atoms with van der Waals surface area (Å²) in [7, 11) is 0. The molecule has 5 aromatic rings. The van der Waals surface area contributed by atoms with Gasteiger partial charge in [0.25, 0.3) is 0 Å². The van der Waals surface area contributed by atoms with E-state index in [0.717, 1.165) is 25.5 Å². The zero-order valence-electron chi connectivity index (χ0n) is 27.8. The van der Waals surface area contributed by atoms with Gasteiger partial charge in [0.2, 0.25) is 0 Å². The molecule has 51 heavy (non-hydrogen) atoms. The van der Waals surface area contributed by atoms with Gasteiger partial charge in [0.05, 0.1) is 11.1 Å². The highest BCUT2D eigenvalue weighted by Crippen LogP contribution is 2.45. The van der Waals surface area contributed by atoms with Gasteiger partial charge in [-0.3, -0.25) is 0 Å². The van der Waals surface area contributed by atoms with Gasteiger partial charge < -0.3 is 24.1 Å². The van der Waals surface area contributed by atoms with Gasteiger partial charge in [0, 0.05) is 42.5 Å². The maximum absolute atomic E-state index is 13.0. The van der Waals surface area contributed by atoms with Gasteiger partial charge in [0.1, 0.15) is 32.2 Å². The SMILES string of the molecule is CC=CC(=O)OCCOC(=O)c1cccc(Sc2cccc3cc4c(Sc5ccccc5C(=O)OCCOC(=O)C=CC)cccc4c(O)c23)c1. The maximum atomic E-state index is 13.0. The second-order valence-corrected chi connectivity index (χ2v) is 13.0. The number of aromatic hydroxyl groups is 1. The molecule has 0 radical (unpaired) electrons. The van der Waals surface area contributed by atoms with Crippen molar-refractivity contribution >= 4 is 68.9 Å². The van der Waals surface area contributed by atoms with Gasteiger partial charge in [-0.15, -0.1) is 0 Å². The van der Waals surface area contributed by atoms with E-state index in [9.17, 15) is 24.3 Å². The fourth-order valence-corrected chi connectivity index (χ4v) is 7.14. The summed E-state index contributed by atoms with van der Waals surface area (Å²) in [4.78, 5) is 51.7. The molecule has 0 aliphatic carbocycles. The summed E-state index contributed by atoms with van der Waals surface area (Å²) >= 11 is 2.78. The number of ether oxygens (including phenoxy) is 4. The number of hydrogen-bond acceptors (Lipinski definition) is 11. The molecular weight excluding hydrogens is 689 g/mol. The molecule has 0 aliphatic rings. The Kier molecular flexibility index (Phi) is 12.9. The Hall–Kier alpha value is -5.52. The Bertz CT molecular complexity index is 2140. The quantitative estimate of drug-likeness (QED) is 0.0390. The zero-order chi connectivity index (χ0) is 36.2. The van der Waals surface area contributed by atoms with E-state index in [1.165, 1.54) is 35.7 Å². The molecule has 0 bridgehead atoms. The fourth-order valence-electron chi connectivity index (χ4n) is 5.02. The van der Waals surface area contributed by atoms with E-state index in [1.54, 1.807) is 56.3 Å². The van der Waals surface area contributed by atoms with Crippen LogP contribution in [0.25, 0.3) is 21.5 Å². The molecule has 0 aliphatic heterocycles. The third kappa shape index (κ3) is 9.59. The van der Waals surface area contributed by atoms with Crippen LogP contribution in [-0.4, -0.2) is 55.4 Å². The summed E-state index contributed by atoms with van der Waals surface area (Å²) in [6, 6.07) is 27.4. The summed E-state index contributed by atoms with van der Waals surface area (Å²) in [5.41, 5.74) is 0.704. The third-order valence-corrected chi connectivity index (χ3v) is 9.47. The van der Waals surface area contributed by atoms with Crippen LogP contribution in [0.4, 0.5) is 0 Å². The highest BCUT2D eigenvalue weighted by Gasteiger charge is 2.18. The first-order valence-electron chi connectivity index (χ1n) is 15.9. The van der Waals surface area contributed by atoms with Gasteiger partial charge >= 0.3 is 23.9 Å². The van der Waals surface area contributed by atoms with Crippen molar-refractivity contribution in [1.82, 2.24) is 0 Å². The minimum Gasteiger partial charge on any atom is -0.507 e. The normalized spacial score (nSPS) is 11.3. The summed E-state index contributed by atoms with van der Waals surface area (Å²) in [5, 5.41) is 14.6. The van der Waals surface area contributed by atoms with E-state index >= 15 is 0 Å². The zero-order valence-corrected chi connectivity index (χ0v) is 29.5. The third-order valence-electron chi connectivity index (χ3n) is 7.27. The number of allylic oxidation sites excluding steroid dienone is 2. The summed E-state index contributed by atoms with van der Waals surface area (Å²) in [6.45, 7) is 3.14. The van der Waals surface area contributed by atoms with E-state index in [-0.39, 0.29) is 32.2 Å². The number of phenols is 1.